The van der Waals surface area contributed by atoms with Crippen LogP contribution in [-0.2, 0) is 23.9 Å². The van der Waals surface area contributed by atoms with Gasteiger partial charge in [0.15, 0.2) is 5.78 Å². The maximum Gasteiger partial charge on any atom is 0.316 e. The highest BCUT2D eigenvalue weighted by Gasteiger charge is 2.71. The summed E-state index contributed by atoms with van der Waals surface area (Å²) >= 11 is 0. The van der Waals surface area contributed by atoms with Crippen molar-refractivity contribution >= 4 is 17.5 Å². The Labute approximate surface area is 195 Å². The van der Waals surface area contributed by atoms with E-state index in [2.05, 4.69) is 0 Å². The molecule has 7 heteroatoms. The minimum atomic E-state index is -0.918. The van der Waals surface area contributed by atoms with Crippen LogP contribution in [0.2, 0.25) is 0 Å². The molecule has 1 heterocycles. The number of ketones is 2. The number of aliphatic hydroxyl groups excluding tert-OH is 2. The maximum atomic E-state index is 13.2. The number of rotatable bonds is 1. The lowest BCUT2D eigenvalue weighted by molar-refractivity contribution is -0.272. The summed E-state index contributed by atoms with van der Waals surface area (Å²) in [4.78, 5) is 38.6. The van der Waals surface area contributed by atoms with Gasteiger partial charge in [0.1, 0.15) is 23.1 Å². The Morgan fingerprint density at radius 2 is 1.70 bits per heavy atom. The number of carbonyl (C=O) groups excluding carboxylic acids is 3. The molecule has 4 aliphatic rings. The Morgan fingerprint density at radius 1 is 1.09 bits per heavy atom. The van der Waals surface area contributed by atoms with Gasteiger partial charge in [-0.15, -0.1) is 0 Å². The minimum absolute atomic E-state index is 0.0383. The van der Waals surface area contributed by atoms with E-state index in [-0.39, 0.29) is 29.8 Å². The highest BCUT2D eigenvalue weighted by molar-refractivity contribution is 6.09. The lowest BCUT2D eigenvalue weighted by Gasteiger charge is -2.68. The molecule has 4 rings (SSSR count). The van der Waals surface area contributed by atoms with E-state index in [0.29, 0.717) is 24.2 Å². The van der Waals surface area contributed by atoms with Crippen molar-refractivity contribution in [3.8, 4) is 0 Å². The van der Waals surface area contributed by atoms with E-state index < -0.39 is 51.9 Å². The van der Waals surface area contributed by atoms with Gasteiger partial charge >= 0.3 is 5.97 Å². The van der Waals surface area contributed by atoms with Crippen molar-refractivity contribution in [3.05, 3.63) is 11.3 Å². The van der Waals surface area contributed by atoms with E-state index in [1.807, 2.05) is 41.5 Å². The first-order valence-corrected chi connectivity index (χ1v) is 12.0. The summed E-state index contributed by atoms with van der Waals surface area (Å²) in [5, 5.41) is 22.7. The Bertz CT molecular complexity index is 950. The van der Waals surface area contributed by atoms with Crippen LogP contribution in [-0.4, -0.2) is 52.7 Å². The standard InChI is InChI=1S/C26H38O7/c1-12-19(30)18(22(31)32-8)13(2)24(5)11-15-25(6,33-21(12)24)10-14(27)20-23(3,4)16(28)9-17(29)26(15,20)7/h13-15,17-18,20,27,29H,9-11H2,1-8H3/t13-,14-,15+,17+,18-,20+,24+,25-,26+/m0/s1. The lowest BCUT2D eigenvalue weighted by Crippen LogP contribution is -2.71. The number of carbonyl (C=O) groups is 3. The van der Waals surface area contributed by atoms with Gasteiger partial charge in [0.2, 0.25) is 0 Å². The van der Waals surface area contributed by atoms with Crippen molar-refractivity contribution in [2.75, 3.05) is 7.11 Å². The minimum Gasteiger partial charge on any atom is -0.491 e. The topological polar surface area (TPSA) is 110 Å². The monoisotopic (exact) mass is 462 g/mol. The summed E-state index contributed by atoms with van der Waals surface area (Å²) in [6, 6.07) is 0. The first kappa shape index (κ1) is 24.4. The maximum absolute atomic E-state index is 13.2. The number of fused-ring (bicyclic) bond motifs is 4. The van der Waals surface area contributed by atoms with Crippen molar-refractivity contribution in [1.29, 1.82) is 0 Å². The molecular formula is C26H38O7. The van der Waals surface area contributed by atoms with Crippen molar-refractivity contribution in [3.63, 3.8) is 0 Å². The zero-order valence-corrected chi connectivity index (χ0v) is 21.0. The molecule has 3 aliphatic carbocycles. The van der Waals surface area contributed by atoms with Gasteiger partial charge in [-0.3, -0.25) is 14.4 Å². The molecule has 9 atom stereocenters. The molecule has 0 unspecified atom stereocenters. The summed E-state index contributed by atoms with van der Waals surface area (Å²) in [7, 11) is 1.29. The van der Waals surface area contributed by atoms with E-state index in [1.165, 1.54) is 7.11 Å². The van der Waals surface area contributed by atoms with E-state index in [9.17, 15) is 24.6 Å². The van der Waals surface area contributed by atoms with Gasteiger partial charge in [0.05, 0.1) is 19.3 Å². The van der Waals surface area contributed by atoms with E-state index in [0.717, 1.165) is 0 Å². The predicted molar refractivity (Wildman–Crippen MR) is 120 cm³/mol. The summed E-state index contributed by atoms with van der Waals surface area (Å²) in [6.07, 6.45) is -0.847. The van der Waals surface area contributed by atoms with E-state index in [4.69, 9.17) is 9.47 Å². The second-order valence-corrected chi connectivity index (χ2v) is 12.2. The van der Waals surface area contributed by atoms with Gasteiger partial charge in [-0.25, -0.2) is 0 Å². The molecule has 184 valence electrons. The Hall–Kier alpha value is -1.73. The van der Waals surface area contributed by atoms with Crippen molar-refractivity contribution < 1.29 is 34.1 Å². The highest BCUT2D eigenvalue weighted by Crippen LogP contribution is 2.68. The number of hydrogen-bond donors (Lipinski definition) is 2. The quantitative estimate of drug-likeness (QED) is 0.455. The lowest BCUT2D eigenvalue weighted by atomic mass is 9.40. The molecule has 0 spiro atoms. The number of aliphatic hydroxyl groups is 2. The smallest absolute Gasteiger partial charge is 0.316 e. The normalized spacial score (nSPS) is 48.9. The second-order valence-electron chi connectivity index (χ2n) is 12.2. The van der Waals surface area contributed by atoms with Crippen LogP contribution in [0, 0.1) is 39.9 Å². The highest BCUT2D eigenvalue weighted by atomic mass is 16.5. The van der Waals surface area contributed by atoms with Crippen LogP contribution in [0.3, 0.4) is 0 Å². The number of Topliss-reactive ketones (excluding diaryl/α,β-unsaturated/α-hetero) is 2. The molecule has 0 aromatic carbocycles. The molecule has 0 aromatic rings. The van der Waals surface area contributed by atoms with E-state index in [1.54, 1.807) is 6.92 Å². The summed E-state index contributed by atoms with van der Waals surface area (Å²) < 4.78 is 11.7. The fourth-order valence-corrected chi connectivity index (χ4v) is 8.19. The first-order valence-electron chi connectivity index (χ1n) is 12.0. The van der Waals surface area contributed by atoms with Gasteiger partial charge in [-0.2, -0.15) is 0 Å². The molecule has 1 saturated heterocycles. The molecule has 33 heavy (non-hydrogen) atoms. The van der Waals surface area contributed by atoms with Crippen molar-refractivity contribution in [2.45, 2.75) is 85.5 Å². The van der Waals surface area contributed by atoms with Gasteiger partial charge < -0.3 is 19.7 Å². The average Bonchev–Trinajstić information content (AvgIpc) is 2.71. The third kappa shape index (κ3) is 2.90. The molecule has 0 aromatic heterocycles. The van der Waals surface area contributed by atoms with Crippen molar-refractivity contribution in [2.24, 2.45) is 39.9 Å². The zero-order valence-electron chi connectivity index (χ0n) is 21.0. The van der Waals surface area contributed by atoms with Gasteiger partial charge in [0, 0.05) is 46.5 Å². The number of allylic oxidation sites excluding steroid dienone is 2. The number of esters is 1. The third-order valence-electron chi connectivity index (χ3n) is 10.2. The summed E-state index contributed by atoms with van der Waals surface area (Å²) in [6.45, 7) is 13.3. The van der Waals surface area contributed by atoms with Crippen LogP contribution in [0.4, 0.5) is 0 Å². The average molecular weight is 463 g/mol. The Morgan fingerprint density at radius 3 is 2.27 bits per heavy atom. The molecule has 2 saturated carbocycles. The molecule has 2 N–H and O–H groups in total. The fraction of sp³-hybridized carbons (Fsp3) is 0.808. The van der Waals surface area contributed by atoms with Crippen LogP contribution in [0.15, 0.2) is 11.3 Å². The SMILES string of the molecule is COC(=O)[C@@H]1C(=O)C(C)=C2O[C@@]3(C)C[C@H](O)[C@@H]4C(C)(C)C(=O)C[C@@H](O)[C@@]4(C)[C@@H]3C[C@]2(C)[C@H]1C. The van der Waals surface area contributed by atoms with Crippen LogP contribution in [0.1, 0.15) is 67.7 Å². The first-order chi connectivity index (χ1) is 15.1. The largest absolute Gasteiger partial charge is 0.491 e. The molecular weight excluding hydrogens is 424 g/mol. The Kier molecular flexibility index (Phi) is 5.28. The van der Waals surface area contributed by atoms with Crippen LogP contribution < -0.4 is 0 Å². The van der Waals surface area contributed by atoms with Gasteiger partial charge in [0.25, 0.3) is 0 Å². The summed E-state index contributed by atoms with van der Waals surface area (Å²) in [5.41, 5.74) is -2.61. The van der Waals surface area contributed by atoms with Crippen LogP contribution in [0.25, 0.3) is 0 Å². The third-order valence-corrected chi connectivity index (χ3v) is 10.2. The number of hydrogen-bond acceptors (Lipinski definition) is 7. The predicted octanol–water partition coefficient (Wildman–Crippen LogP) is 2.82. The number of methoxy groups -OCH3 is 1. The molecule has 0 bridgehead atoms. The zero-order chi connectivity index (χ0) is 24.9. The molecule has 0 amide bonds. The Balaban J connectivity index is 1.88. The van der Waals surface area contributed by atoms with Crippen LogP contribution in [0.5, 0.6) is 0 Å². The molecule has 1 aliphatic heterocycles. The number of ether oxygens (including phenoxy) is 2. The van der Waals surface area contributed by atoms with E-state index >= 15 is 0 Å². The van der Waals surface area contributed by atoms with Crippen molar-refractivity contribution in [1.82, 2.24) is 0 Å². The molecule has 7 nitrogen and oxygen atoms in total. The molecule has 3 fully saturated rings. The summed E-state index contributed by atoms with van der Waals surface area (Å²) in [5.74, 6) is -2.21. The van der Waals surface area contributed by atoms with Crippen LogP contribution >= 0.6 is 0 Å². The van der Waals surface area contributed by atoms with Gasteiger partial charge in [-0.05, 0) is 26.2 Å². The van der Waals surface area contributed by atoms with Gasteiger partial charge in [-0.1, -0.05) is 34.6 Å². The second kappa shape index (κ2) is 7.14. The fourth-order valence-electron chi connectivity index (χ4n) is 8.19. The molecule has 0 radical (unpaired) electrons.